The lowest BCUT2D eigenvalue weighted by Gasteiger charge is -2.33. The Balaban J connectivity index is 1.50. The maximum absolute atomic E-state index is 12.4. The van der Waals surface area contributed by atoms with Crippen LogP contribution in [0.4, 0.5) is 0 Å². The van der Waals surface area contributed by atoms with Crippen LogP contribution in [0.2, 0.25) is 0 Å². The lowest BCUT2D eigenvalue weighted by Crippen LogP contribution is -3.13. The number of quaternary nitrogens is 1. The molecule has 2 aliphatic rings. The SMILES string of the molecule is CCC[C@@H](C)C(=O)N1CC[NH+](Cc2ccc3c(c2)OCO3)CC1. The molecule has 0 aliphatic carbocycles. The third-order valence-electron chi connectivity index (χ3n) is 4.82. The topological polar surface area (TPSA) is 43.2 Å². The largest absolute Gasteiger partial charge is 0.454 e. The molecule has 5 heteroatoms. The molecule has 1 atom stereocenters. The van der Waals surface area contributed by atoms with Crippen molar-refractivity contribution >= 4 is 5.91 Å². The van der Waals surface area contributed by atoms with Crippen LogP contribution in [0.25, 0.3) is 0 Å². The molecule has 1 aromatic carbocycles. The molecule has 0 bridgehead atoms. The molecule has 0 spiro atoms. The molecular weight excluding hydrogens is 292 g/mol. The maximum atomic E-state index is 12.4. The van der Waals surface area contributed by atoms with E-state index in [1.165, 1.54) is 10.5 Å². The highest BCUT2D eigenvalue weighted by molar-refractivity contribution is 5.78. The third kappa shape index (κ3) is 3.78. The summed E-state index contributed by atoms with van der Waals surface area (Å²) in [5.74, 6) is 2.18. The maximum Gasteiger partial charge on any atom is 0.231 e. The minimum absolute atomic E-state index is 0.162. The molecule has 0 aromatic heterocycles. The first-order valence-electron chi connectivity index (χ1n) is 8.68. The third-order valence-corrected chi connectivity index (χ3v) is 4.82. The molecule has 0 unspecified atom stereocenters. The van der Waals surface area contributed by atoms with Gasteiger partial charge in [0.25, 0.3) is 0 Å². The fourth-order valence-electron chi connectivity index (χ4n) is 3.43. The van der Waals surface area contributed by atoms with E-state index >= 15 is 0 Å². The smallest absolute Gasteiger partial charge is 0.231 e. The first-order chi connectivity index (χ1) is 11.2. The van der Waals surface area contributed by atoms with Crippen LogP contribution in [0.15, 0.2) is 18.2 Å². The monoisotopic (exact) mass is 319 g/mol. The first kappa shape index (κ1) is 16.1. The Labute approximate surface area is 138 Å². The minimum atomic E-state index is 0.162. The van der Waals surface area contributed by atoms with Crippen LogP contribution in [0, 0.1) is 5.92 Å². The summed E-state index contributed by atoms with van der Waals surface area (Å²) in [6.45, 7) is 9.25. The van der Waals surface area contributed by atoms with Crippen LogP contribution in [-0.4, -0.2) is 43.8 Å². The Kier molecular flexibility index (Phi) is 5.06. The molecule has 1 amide bonds. The molecule has 23 heavy (non-hydrogen) atoms. The van der Waals surface area contributed by atoms with Gasteiger partial charge in [0.2, 0.25) is 12.7 Å². The molecule has 5 nitrogen and oxygen atoms in total. The minimum Gasteiger partial charge on any atom is -0.454 e. The Morgan fingerprint density at radius 1 is 1.26 bits per heavy atom. The lowest BCUT2D eigenvalue weighted by atomic mass is 10.0. The molecule has 3 rings (SSSR count). The number of hydrogen-bond acceptors (Lipinski definition) is 3. The second-order valence-electron chi connectivity index (χ2n) is 6.63. The van der Waals surface area contributed by atoms with E-state index in [0.29, 0.717) is 12.7 Å². The first-order valence-corrected chi connectivity index (χ1v) is 8.68. The van der Waals surface area contributed by atoms with E-state index in [2.05, 4.69) is 26.0 Å². The number of amides is 1. The van der Waals surface area contributed by atoms with E-state index in [4.69, 9.17) is 9.47 Å². The van der Waals surface area contributed by atoms with Gasteiger partial charge in [-0.2, -0.15) is 0 Å². The Morgan fingerprint density at radius 2 is 2.00 bits per heavy atom. The van der Waals surface area contributed by atoms with E-state index in [-0.39, 0.29) is 5.92 Å². The second-order valence-corrected chi connectivity index (χ2v) is 6.63. The number of benzene rings is 1. The van der Waals surface area contributed by atoms with Crippen molar-refractivity contribution in [3.05, 3.63) is 23.8 Å². The van der Waals surface area contributed by atoms with Gasteiger partial charge in [-0.1, -0.05) is 20.3 Å². The summed E-state index contributed by atoms with van der Waals surface area (Å²) >= 11 is 0. The number of carbonyl (C=O) groups excluding carboxylic acids is 1. The standard InChI is InChI=1S/C18H26N2O3/c1-3-4-14(2)18(21)20-9-7-19(8-10-20)12-15-5-6-16-17(11-15)23-13-22-16/h5-6,11,14H,3-4,7-10,12-13H2,1-2H3/p+1/t14-/m1/s1. The number of nitrogens with zero attached hydrogens (tertiary/aromatic N) is 1. The van der Waals surface area contributed by atoms with Gasteiger partial charge in [0.05, 0.1) is 26.2 Å². The predicted octanol–water partition coefficient (Wildman–Crippen LogP) is 1.08. The number of rotatable bonds is 5. The molecular formula is C18H27N2O3+. The Bertz CT molecular complexity index is 553. The van der Waals surface area contributed by atoms with Crippen LogP contribution in [-0.2, 0) is 11.3 Å². The highest BCUT2D eigenvalue weighted by atomic mass is 16.7. The molecule has 0 saturated carbocycles. The van der Waals surface area contributed by atoms with Gasteiger partial charge in [0.1, 0.15) is 6.54 Å². The number of piperazine rings is 1. The molecule has 1 fully saturated rings. The van der Waals surface area contributed by atoms with Crippen LogP contribution >= 0.6 is 0 Å². The van der Waals surface area contributed by atoms with E-state index < -0.39 is 0 Å². The zero-order valence-electron chi connectivity index (χ0n) is 14.1. The second kappa shape index (κ2) is 7.21. The van der Waals surface area contributed by atoms with Crippen molar-refractivity contribution in [3.8, 4) is 11.5 Å². The number of fused-ring (bicyclic) bond motifs is 1. The number of hydrogen-bond donors (Lipinski definition) is 1. The summed E-state index contributed by atoms with van der Waals surface area (Å²) < 4.78 is 10.8. The van der Waals surface area contributed by atoms with E-state index in [0.717, 1.165) is 57.1 Å². The van der Waals surface area contributed by atoms with Crippen LogP contribution in [0.1, 0.15) is 32.3 Å². The molecule has 1 N–H and O–H groups in total. The van der Waals surface area contributed by atoms with Crippen molar-refractivity contribution in [1.29, 1.82) is 0 Å². The zero-order chi connectivity index (χ0) is 16.2. The summed E-state index contributed by atoms with van der Waals surface area (Å²) in [5.41, 5.74) is 1.27. The van der Waals surface area contributed by atoms with Crippen LogP contribution in [0.5, 0.6) is 11.5 Å². The Morgan fingerprint density at radius 3 is 2.74 bits per heavy atom. The molecule has 126 valence electrons. The van der Waals surface area contributed by atoms with Gasteiger partial charge < -0.3 is 19.3 Å². The summed E-state index contributed by atoms with van der Waals surface area (Å²) in [6, 6.07) is 6.18. The van der Waals surface area contributed by atoms with Crippen molar-refractivity contribution in [1.82, 2.24) is 4.90 Å². The fraction of sp³-hybridized carbons (Fsp3) is 0.611. The Hall–Kier alpha value is -1.75. The van der Waals surface area contributed by atoms with Gasteiger partial charge in [-0.05, 0) is 24.6 Å². The van der Waals surface area contributed by atoms with Crippen LogP contribution < -0.4 is 14.4 Å². The van der Waals surface area contributed by atoms with Gasteiger partial charge in [-0.3, -0.25) is 4.79 Å². The molecule has 2 aliphatic heterocycles. The van der Waals surface area contributed by atoms with E-state index in [9.17, 15) is 4.79 Å². The highest BCUT2D eigenvalue weighted by Crippen LogP contribution is 2.32. The van der Waals surface area contributed by atoms with Gasteiger partial charge in [-0.25, -0.2) is 0 Å². The highest BCUT2D eigenvalue weighted by Gasteiger charge is 2.26. The molecule has 1 aromatic rings. The van der Waals surface area contributed by atoms with Crippen molar-refractivity contribution in [2.45, 2.75) is 33.2 Å². The lowest BCUT2D eigenvalue weighted by molar-refractivity contribution is -0.917. The van der Waals surface area contributed by atoms with Crippen molar-refractivity contribution < 1.29 is 19.2 Å². The summed E-state index contributed by atoms with van der Waals surface area (Å²) in [4.78, 5) is 15.9. The fourth-order valence-corrected chi connectivity index (χ4v) is 3.43. The quantitative estimate of drug-likeness (QED) is 0.883. The molecule has 2 heterocycles. The zero-order valence-corrected chi connectivity index (χ0v) is 14.1. The van der Waals surface area contributed by atoms with Crippen molar-refractivity contribution in [2.75, 3.05) is 33.0 Å². The van der Waals surface area contributed by atoms with Gasteiger partial charge in [0.15, 0.2) is 11.5 Å². The molecule has 0 radical (unpaired) electrons. The van der Waals surface area contributed by atoms with Gasteiger partial charge in [0, 0.05) is 11.5 Å². The van der Waals surface area contributed by atoms with Crippen molar-refractivity contribution in [3.63, 3.8) is 0 Å². The number of carbonyl (C=O) groups is 1. The number of ether oxygens (including phenoxy) is 2. The summed E-state index contributed by atoms with van der Waals surface area (Å²) in [6.07, 6.45) is 2.06. The van der Waals surface area contributed by atoms with Crippen LogP contribution in [0.3, 0.4) is 0 Å². The average molecular weight is 319 g/mol. The van der Waals surface area contributed by atoms with Gasteiger partial charge >= 0.3 is 0 Å². The predicted molar refractivity (Wildman–Crippen MR) is 87.6 cm³/mol. The van der Waals surface area contributed by atoms with E-state index in [1.54, 1.807) is 0 Å². The number of nitrogens with one attached hydrogen (secondary N) is 1. The molecule has 1 saturated heterocycles. The van der Waals surface area contributed by atoms with Crippen molar-refractivity contribution in [2.24, 2.45) is 5.92 Å². The van der Waals surface area contributed by atoms with E-state index in [1.807, 2.05) is 11.0 Å². The van der Waals surface area contributed by atoms with Gasteiger partial charge in [-0.15, -0.1) is 0 Å². The summed E-state index contributed by atoms with van der Waals surface area (Å²) in [5, 5.41) is 0. The normalized spacial score (nSPS) is 19.0. The average Bonchev–Trinajstić information content (AvgIpc) is 3.03. The summed E-state index contributed by atoms with van der Waals surface area (Å²) in [7, 11) is 0.